The average molecular weight is 760 g/mol. The molecule has 0 aromatic heterocycles. The first kappa shape index (κ1) is 52.1. The maximum absolute atomic E-state index is 13.1. The Kier molecular flexibility index (Phi) is 40.7. The Morgan fingerprint density at radius 1 is 0.556 bits per heavy atom. The minimum absolute atomic E-state index is 0.0330. The zero-order chi connectivity index (χ0) is 39.6. The lowest BCUT2D eigenvalue weighted by Crippen LogP contribution is -2.46. The second-order valence-electron chi connectivity index (χ2n) is 15.8. The first-order chi connectivity index (χ1) is 26.5. The number of nitrogens with one attached hydrogen (secondary N) is 1. The molecular formula is C48H89NO5. The van der Waals surface area contributed by atoms with Gasteiger partial charge in [0, 0.05) is 6.42 Å². The van der Waals surface area contributed by atoms with E-state index in [0.29, 0.717) is 12.8 Å². The number of ether oxygens (including phenoxy) is 1. The highest BCUT2D eigenvalue weighted by Crippen LogP contribution is 2.15. The molecule has 0 saturated heterocycles. The number of rotatable bonds is 41. The van der Waals surface area contributed by atoms with Crippen LogP contribution in [0.3, 0.4) is 0 Å². The molecule has 0 radical (unpaired) electrons. The smallest absolute Gasteiger partial charge is 0.306 e. The van der Waals surface area contributed by atoms with Crippen LogP contribution in [0.2, 0.25) is 0 Å². The Labute approximate surface area is 334 Å². The van der Waals surface area contributed by atoms with Gasteiger partial charge in [0.15, 0.2) is 0 Å². The highest BCUT2D eigenvalue weighted by Gasteiger charge is 2.23. The van der Waals surface area contributed by atoms with E-state index in [0.717, 1.165) is 64.2 Å². The van der Waals surface area contributed by atoms with Crippen LogP contribution in [-0.2, 0) is 14.3 Å². The Morgan fingerprint density at radius 2 is 0.981 bits per heavy atom. The van der Waals surface area contributed by atoms with Crippen molar-refractivity contribution >= 4 is 11.9 Å². The van der Waals surface area contributed by atoms with Crippen LogP contribution in [0.1, 0.15) is 233 Å². The molecule has 0 spiro atoms. The van der Waals surface area contributed by atoms with Gasteiger partial charge in [0.05, 0.1) is 25.2 Å². The number of amides is 1. The summed E-state index contributed by atoms with van der Waals surface area (Å²) in [6.45, 7) is 6.41. The first-order valence-corrected chi connectivity index (χ1v) is 23.2. The number of unbranched alkanes of at least 4 members (excludes halogenated alkanes) is 25. The van der Waals surface area contributed by atoms with Crippen LogP contribution in [-0.4, -0.2) is 46.9 Å². The molecule has 0 bridgehead atoms. The topological polar surface area (TPSA) is 95.9 Å². The third-order valence-electron chi connectivity index (χ3n) is 10.4. The monoisotopic (exact) mass is 760 g/mol. The molecule has 1 amide bonds. The van der Waals surface area contributed by atoms with Crippen LogP contribution in [0.5, 0.6) is 0 Å². The van der Waals surface area contributed by atoms with Crippen LogP contribution in [0.15, 0.2) is 36.5 Å². The van der Waals surface area contributed by atoms with Gasteiger partial charge in [-0.25, -0.2) is 0 Å². The summed E-state index contributed by atoms with van der Waals surface area (Å²) in [6, 6.07) is -0.731. The summed E-state index contributed by atoms with van der Waals surface area (Å²) >= 11 is 0. The quantitative estimate of drug-likeness (QED) is 0.0328. The lowest BCUT2D eigenvalue weighted by Gasteiger charge is -2.23. The summed E-state index contributed by atoms with van der Waals surface area (Å²) in [6.07, 6.45) is 48.0. The number of aliphatic hydroxyl groups is 2. The molecule has 0 fully saturated rings. The Hall–Kier alpha value is -1.92. The standard InChI is InChI=1S/C48H89NO5/c1-4-7-10-13-16-19-22-23-26-29-32-35-38-41-48(53)54-44(39-36-33-30-27-24-20-17-14-11-8-5-2)42-47(52)49-45(43-50)46(51)40-37-34-31-28-25-21-18-15-12-9-6-3/h23,26-27,30,36,39,44-46,50-51H,4-22,24-25,28-29,31-35,37-38,40-43H2,1-3H3,(H,49,52)/b26-23-,30-27-,39-36+. The normalized spacial score (nSPS) is 13.6. The van der Waals surface area contributed by atoms with Crippen molar-refractivity contribution in [1.82, 2.24) is 5.32 Å². The number of carbonyl (C=O) groups excluding carboxylic acids is 2. The zero-order valence-electron chi connectivity index (χ0n) is 35.9. The van der Waals surface area contributed by atoms with Crippen LogP contribution in [0.4, 0.5) is 0 Å². The molecule has 0 aliphatic carbocycles. The second-order valence-corrected chi connectivity index (χ2v) is 15.8. The second kappa shape index (κ2) is 42.2. The number of hydrogen-bond acceptors (Lipinski definition) is 5. The minimum Gasteiger partial charge on any atom is -0.458 e. The van der Waals surface area contributed by atoms with Crippen molar-refractivity contribution in [3.63, 3.8) is 0 Å². The first-order valence-electron chi connectivity index (χ1n) is 23.2. The fraction of sp³-hybridized carbons (Fsp3) is 0.833. The lowest BCUT2D eigenvalue weighted by molar-refractivity contribution is -0.148. The summed E-state index contributed by atoms with van der Waals surface area (Å²) in [4.78, 5) is 25.9. The van der Waals surface area contributed by atoms with E-state index < -0.39 is 18.2 Å². The molecule has 0 aliphatic rings. The molecular weight excluding hydrogens is 671 g/mol. The van der Waals surface area contributed by atoms with E-state index in [4.69, 9.17) is 4.74 Å². The molecule has 0 aromatic rings. The van der Waals surface area contributed by atoms with Crippen molar-refractivity contribution in [2.75, 3.05) is 6.61 Å². The minimum atomic E-state index is -0.809. The number of aliphatic hydroxyl groups excluding tert-OH is 2. The van der Waals surface area contributed by atoms with Gasteiger partial charge < -0.3 is 20.3 Å². The molecule has 6 heteroatoms. The van der Waals surface area contributed by atoms with Gasteiger partial charge in [0.25, 0.3) is 0 Å². The maximum atomic E-state index is 13.1. The summed E-state index contributed by atoms with van der Waals surface area (Å²) in [5.74, 6) is -0.620. The third kappa shape index (κ3) is 37.0. The Morgan fingerprint density at radius 3 is 1.46 bits per heavy atom. The van der Waals surface area contributed by atoms with Crippen LogP contribution in [0.25, 0.3) is 0 Å². The van der Waals surface area contributed by atoms with Gasteiger partial charge >= 0.3 is 5.97 Å². The number of hydrogen-bond donors (Lipinski definition) is 3. The third-order valence-corrected chi connectivity index (χ3v) is 10.4. The van der Waals surface area contributed by atoms with Gasteiger partial charge in [-0.05, 0) is 63.9 Å². The van der Waals surface area contributed by atoms with Crippen molar-refractivity contribution < 1.29 is 24.5 Å². The molecule has 0 heterocycles. The van der Waals surface area contributed by atoms with Gasteiger partial charge in [-0.3, -0.25) is 9.59 Å². The van der Waals surface area contributed by atoms with Gasteiger partial charge in [-0.15, -0.1) is 0 Å². The molecule has 54 heavy (non-hydrogen) atoms. The van der Waals surface area contributed by atoms with Crippen molar-refractivity contribution in [3.8, 4) is 0 Å². The molecule has 3 unspecified atom stereocenters. The fourth-order valence-electron chi connectivity index (χ4n) is 6.86. The molecule has 316 valence electrons. The molecule has 0 rings (SSSR count). The highest BCUT2D eigenvalue weighted by atomic mass is 16.5. The lowest BCUT2D eigenvalue weighted by atomic mass is 10.0. The summed E-state index contributed by atoms with van der Waals surface area (Å²) in [5, 5.41) is 23.6. The van der Waals surface area contributed by atoms with E-state index in [-0.39, 0.29) is 24.9 Å². The largest absolute Gasteiger partial charge is 0.458 e. The van der Waals surface area contributed by atoms with Crippen molar-refractivity contribution in [2.24, 2.45) is 0 Å². The van der Waals surface area contributed by atoms with Gasteiger partial charge in [0.1, 0.15) is 6.10 Å². The van der Waals surface area contributed by atoms with Gasteiger partial charge in [-0.2, -0.15) is 0 Å². The number of esters is 1. The highest BCUT2D eigenvalue weighted by molar-refractivity contribution is 5.78. The molecule has 3 atom stereocenters. The molecule has 0 aromatic carbocycles. The van der Waals surface area contributed by atoms with E-state index >= 15 is 0 Å². The van der Waals surface area contributed by atoms with Crippen molar-refractivity contribution in [3.05, 3.63) is 36.5 Å². The summed E-state index contributed by atoms with van der Waals surface area (Å²) < 4.78 is 5.79. The summed E-state index contributed by atoms with van der Waals surface area (Å²) in [7, 11) is 0. The fourth-order valence-corrected chi connectivity index (χ4v) is 6.86. The van der Waals surface area contributed by atoms with E-state index in [9.17, 15) is 19.8 Å². The average Bonchev–Trinajstić information content (AvgIpc) is 3.16. The molecule has 3 N–H and O–H groups in total. The SMILES string of the molecule is CCCCCCCC/C=C\C/C=C/C(CC(=O)NC(CO)C(O)CCCCCCCCCCCCC)OC(=O)CCCCC/C=C\CCCCCCCC. The molecule has 6 nitrogen and oxygen atoms in total. The molecule has 0 saturated carbocycles. The summed E-state index contributed by atoms with van der Waals surface area (Å²) in [5.41, 5.74) is 0. The maximum Gasteiger partial charge on any atom is 0.306 e. The van der Waals surface area contributed by atoms with Crippen LogP contribution in [0, 0.1) is 0 Å². The van der Waals surface area contributed by atoms with E-state index in [2.05, 4.69) is 50.4 Å². The molecule has 0 aliphatic heterocycles. The predicted octanol–water partition coefficient (Wildman–Crippen LogP) is 13.3. The number of carbonyl (C=O) groups is 2. The Balaban J connectivity index is 4.69. The van der Waals surface area contributed by atoms with E-state index in [1.165, 1.54) is 128 Å². The van der Waals surface area contributed by atoms with Gasteiger partial charge in [0.2, 0.25) is 5.91 Å². The van der Waals surface area contributed by atoms with Crippen LogP contribution >= 0.6 is 0 Å². The van der Waals surface area contributed by atoms with Gasteiger partial charge in [-0.1, -0.05) is 192 Å². The zero-order valence-corrected chi connectivity index (χ0v) is 35.9. The van der Waals surface area contributed by atoms with Crippen LogP contribution < -0.4 is 5.32 Å². The Bertz CT molecular complexity index is 900. The van der Waals surface area contributed by atoms with Crippen molar-refractivity contribution in [2.45, 2.75) is 251 Å². The predicted molar refractivity (Wildman–Crippen MR) is 232 cm³/mol. The van der Waals surface area contributed by atoms with E-state index in [1.807, 2.05) is 12.2 Å². The van der Waals surface area contributed by atoms with E-state index in [1.54, 1.807) is 0 Å². The number of allylic oxidation sites excluding steroid dienone is 5. The van der Waals surface area contributed by atoms with Crippen molar-refractivity contribution in [1.29, 1.82) is 0 Å².